The highest BCUT2D eigenvalue weighted by molar-refractivity contribution is 7.09. The molecule has 1 aliphatic heterocycles. The maximum atomic E-state index is 13.0. The molecule has 8 heteroatoms. The number of aromatic hydroxyl groups is 2. The molecule has 34 heavy (non-hydrogen) atoms. The molecule has 0 saturated heterocycles. The van der Waals surface area contributed by atoms with Gasteiger partial charge in [-0.05, 0) is 68.4 Å². The quantitative estimate of drug-likeness (QED) is 0.427. The molecule has 0 saturated carbocycles. The Bertz CT molecular complexity index is 1290. The van der Waals surface area contributed by atoms with Crippen LogP contribution in [0.2, 0.25) is 0 Å². The Morgan fingerprint density at radius 3 is 2.44 bits per heavy atom. The highest BCUT2D eigenvalue weighted by atomic mass is 32.1. The van der Waals surface area contributed by atoms with E-state index >= 15 is 0 Å². The number of aromatic amines is 1. The van der Waals surface area contributed by atoms with E-state index in [0.29, 0.717) is 48.6 Å². The third-order valence-electron chi connectivity index (χ3n) is 6.79. The third-order valence-corrected chi connectivity index (χ3v) is 7.66. The number of rotatable bonds is 6. The first-order valence-electron chi connectivity index (χ1n) is 11.4. The van der Waals surface area contributed by atoms with E-state index in [1.165, 1.54) is 0 Å². The van der Waals surface area contributed by atoms with Gasteiger partial charge in [0.15, 0.2) is 5.60 Å². The van der Waals surface area contributed by atoms with Crippen LogP contribution in [0.1, 0.15) is 51.6 Å². The lowest BCUT2D eigenvalue weighted by molar-refractivity contribution is -0.136. The number of amides is 1. The Labute approximate surface area is 202 Å². The number of hydrogen-bond acceptors (Lipinski definition) is 6. The van der Waals surface area contributed by atoms with Crippen molar-refractivity contribution in [2.24, 2.45) is 0 Å². The van der Waals surface area contributed by atoms with Crippen molar-refractivity contribution in [1.82, 2.24) is 10.3 Å². The molecule has 0 radical (unpaired) electrons. The van der Waals surface area contributed by atoms with Crippen molar-refractivity contribution in [1.29, 1.82) is 0 Å². The lowest BCUT2D eigenvalue weighted by Crippen LogP contribution is -2.51. The van der Waals surface area contributed by atoms with Crippen LogP contribution in [0.3, 0.4) is 0 Å². The van der Waals surface area contributed by atoms with Gasteiger partial charge in [-0.2, -0.15) is 0 Å². The van der Waals surface area contributed by atoms with Gasteiger partial charge in [-0.25, -0.2) is 0 Å². The zero-order chi connectivity index (χ0) is 24.6. The predicted molar refractivity (Wildman–Crippen MR) is 132 cm³/mol. The smallest absolute Gasteiger partial charge is 0.307 e. The Balaban J connectivity index is 1.35. The summed E-state index contributed by atoms with van der Waals surface area (Å²) in [4.78, 5) is 27.1. The van der Waals surface area contributed by atoms with E-state index in [0.717, 1.165) is 44.7 Å². The second-order valence-corrected chi connectivity index (χ2v) is 10.2. The lowest BCUT2D eigenvalue weighted by atomic mass is 9.86. The molecule has 180 valence electrons. The van der Waals surface area contributed by atoms with Gasteiger partial charge in [0.25, 0.3) is 5.91 Å². The molecule has 0 aliphatic carbocycles. The van der Waals surface area contributed by atoms with Crippen LogP contribution in [0.25, 0.3) is 0 Å². The average molecular weight is 483 g/mol. The minimum atomic E-state index is -0.961. The largest absolute Gasteiger partial charge is 0.507 e. The topological polar surface area (TPSA) is 112 Å². The number of phenolic OH excluding ortho intramolecular Hbond substituents is 1. The number of thiazole rings is 1. The second-order valence-electron chi connectivity index (χ2n) is 9.15. The molecule has 7 nitrogen and oxygen atoms in total. The predicted octanol–water partition coefficient (Wildman–Crippen LogP) is 3.81. The van der Waals surface area contributed by atoms with Gasteiger partial charge >= 0.3 is 4.87 Å². The van der Waals surface area contributed by atoms with Gasteiger partial charge in [0.2, 0.25) is 5.88 Å². The molecular weight excluding hydrogens is 452 g/mol. The molecule has 4 N–H and O–H groups in total. The van der Waals surface area contributed by atoms with Gasteiger partial charge in [-0.15, -0.1) is 0 Å². The zero-order valence-electron chi connectivity index (χ0n) is 19.9. The zero-order valence-corrected chi connectivity index (χ0v) is 20.7. The summed E-state index contributed by atoms with van der Waals surface area (Å²) >= 11 is 1.01. The summed E-state index contributed by atoms with van der Waals surface area (Å²) in [6, 6.07) is 7.91. The number of benzene rings is 2. The maximum absolute atomic E-state index is 13.0. The third kappa shape index (κ3) is 4.55. The minimum Gasteiger partial charge on any atom is -0.507 e. The van der Waals surface area contributed by atoms with Crippen molar-refractivity contribution in [2.45, 2.75) is 59.0 Å². The number of carbonyl (C=O) groups is 1. The second kappa shape index (κ2) is 9.18. The molecule has 3 aromatic rings. The van der Waals surface area contributed by atoms with Crippen molar-refractivity contribution in [3.8, 4) is 17.4 Å². The molecule has 0 unspecified atom stereocenters. The van der Waals surface area contributed by atoms with Crippen molar-refractivity contribution < 1.29 is 19.7 Å². The van der Waals surface area contributed by atoms with Crippen LogP contribution < -0.4 is 14.9 Å². The first-order valence-corrected chi connectivity index (χ1v) is 12.2. The lowest BCUT2D eigenvalue weighted by Gasteiger charge is -2.36. The van der Waals surface area contributed by atoms with Crippen LogP contribution in [0, 0.1) is 20.8 Å². The number of phenols is 1. The normalized spacial score (nSPS) is 17.2. The molecule has 1 amide bonds. The SMILES string of the molecule is Cc1c(C)c2c(c(C)c1O)CC[C@](C)(C(=O)NCCc1ccc(Cc3sc(=O)[nH]c3O)cc1)O2. The van der Waals surface area contributed by atoms with E-state index < -0.39 is 5.60 Å². The fraction of sp³-hybridized carbons (Fsp3) is 0.385. The van der Waals surface area contributed by atoms with Crippen molar-refractivity contribution >= 4 is 17.2 Å². The monoisotopic (exact) mass is 482 g/mol. The van der Waals surface area contributed by atoms with Crippen molar-refractivity contribution in [2.75, 3.05) is 6.54 Å². The molecule has 0 spiro atoms. The summed E-state index contributed by atoms with van der Waals surface area (Å²) in [7, 11) is 0. The van der Waals surface area contributed by atoms with Crippen LogP contribution in [-0.4, -0.2) is 33.3 Å². The molecule has 0 bridgehead atoms. The Morgan fingerprint density at radius 1 is 1.12 bits per heavy atom. The highest BCUT2D eigenvalue weighted by Crippen LogP contribution is 2.43. The number of nitrogens with one attached hydrogen (secondary N) is 2. The van der Waals surface area contributed by atoms with Crippen LogP contribution >= 0.6 is 11.3 Å². The van der Waals surface area contributed by atoms with Crippen molar-refractivity contribution in [3.05, 3.63) is 72.2 Å². The Morgan fingerprint density at radius 2 is 1.79 bits per heavy atom. The highest BCUT2D eigenvalue weighted by Gasteiger charge is 2.40. The molecule has 4 rings (SSSR count). The fourth-order valence-corrected chi connectivity index (χ4v) is 5.15. The summed E-state index contributed by atoms with van der Waals surface area (Å²) in [5.41, 5.74) is 4.57. The average Bonchev–Trinajstić information content (AvgIpc) is 3.13. The maximum Gasteiger partial charge on any atom is 0.307 e. The van der Waals surface area contributed by atoms with E-state index in [1.807, 2.05) is 52.0 Å². The summed E-state index contributed by atoms with van der Waals surface area (Å²) in [6.45, 7) is 7.97. The molecule has 0 fully saturated rings. The van der Waals surface area contributed by atoms with E-state index in [1.54, 1.807) is 0 Å². The molecular formula is C26H30N2O5S. The van der Waals surface area contributed by atoms with E-state index in [9.17, 15) is 19.8 Å². The number of H-pyrrole nitrogens is 1. The number of fused-ring (bicyclic) bond motifs is 1. The molecule has 1 aromatic heterocycles. The van der Waals surface area contributed by atoms with Gasteiger partial charge < -0.3 is 20.3 Å². The van der Waals surface area contributed by atoms with Crippen LogP contribution in [0.15, 0.2) is 29.1 Å². The van der Waals surface area contributed by atoms with Gasteiger partial charge in [0, 0.05) is 24.9 Å². The number of ether oxygens (including phenoxy) is 1. The van der Waals surface area contributed by atoms with Gasteiger partial charge in [0.1, 0.15) is 11.5 Å². The van der Waals surface area contributed by atoms with Gasteiger partial charge in [0.05, 0.1) is 4.88 Å². The Hall–Kier alpha value is -3.26. The standard InChI is InChI=1S/C26H30N2O5S/c1-14-15(2)22-19(16(3)21(14)29)9-11-26(4,33-22)24(31)27-12-10-17-5-7-18(8-6-17)13-20-23(30)28-25(32)34-20/h5-8,29-30H,9-13H2,1-4H3,(H,27,31)(H,28,32)/t26-/m1/s1. The van der Waals surface area contributed by atoms with Crippen LogP contribution in [-0.2, 0) is 24.1 Å². The minimum absolute atomic E-state index is 0.0693. The summed E-state index contributed by atoms with van der Waals surface area (Å²) in [5.74, 6) is 0.806. The number of aromatic nitrogens is 1. The first-order chi connectivity index (χ1) is 16.1. The summed E-state index contributed by atoms with van der Waals surface area (Å²) in [5, 5.41) is 23.1. The van der Waals surface area contributed by atoms with Crippen LogP contribution in [0.4, 0.5) is 0 Å². The summed E-state index contributed by atoms with van der Waals surface area (Å²) < 4.78 is 6.25. The van der Waals surface area contributed by atoms with E-state index in [-0.39, 0.29) is 16.7 Å². The van der Waals surface area contributed by atoms with E-state index in [2.05, 4.69) is 10.3 Å². The first kappa shape index (κ1) is 23.9. The molecule has 1 aliphatic rings. The molecule has 2 heterocycles. The van der Waals surface area contributed by atoms with Crippen LogP contribution in [0.5, 0.6) is 17.4 Å². The fourth-order valence-electron chi connectivity index (χ4n) is 4.40. The summed E-state index contributed by atoms with van der Waals surface area (Å²) in [6.07, 6.45) is 2.38. The molecule has 2 aromatic carbocycles. The number of carbonyl (C=O) groups excluding carboxylic acids is 1. The van der Waals surface area contributed by atoms with Crippen molar-refractivity contribution in [3.63, 3.8) is 0 Å². The molecule has 1 atom stereocenters. The number of hydrogen-bond donors (Lipinski definition) is 4. The Kier molecular flexibility index (Phi) is 6.45. The van der Waals surface area contributed by atoms with E-state index in [4.69, 9.17) is 4.74 Å². The van der Waals surface area contributed by atoms with Gasteiger partial charge in [-0.3, -0.25) is 14.6 Å². The van der Waals surface area contributed by atoms with Gasteiger partial charge in [-0.1, -0.05) is 35.6 Å².